The first-order valence-corrected chi connectivity index (χ1v) is 6.93. The average molecular weight is 269 g/mol. The molecule has 1 aliphatic heterocycles. The van der Waals surface area contributed by atoms with Crippen molar-refractivity contribution in [2.45, 2.75) is 13.0 Å². The van der Waals surface area contributed by atoms with E-state index in [0.29, 0.717) is 19.3 Å². The Labute approximate surface area is 119 Å². The standard InChI is InChI=1S/C17H19NO2/c1-13(14-6-4-3-5-7-14)18(2)15-8-9-16-17(12-15)20-11-10-19-16/h3-9,12-13H,10-11H2,1-2H3/t13-/m0/s1. The van der Waals surface area contributed by atoms with Crippen LogP contribution in [0.4, 0.5) is 5.69 Å². The van der Waals surface area contributed by atoms with E-state index >= 15 is 0 Å². The molecule has 0 aliphatic carbocycles. The summed E-state index contributed by atoms with van der Waals surface area (Å²) in [5.41, 5.74) is 2.43. The van der Waals surface area contributed by atoms with Gasteiger partial charge >= 0.3 is 0 Å². The highest BCUT2D eigenvalue weighted by molar-refractivity contribution is 5.57. The lowest BCUT2D eigenvalue weighted by Crippen LogP contribution is -2.22. The smallest absolute Gasteiger partial charge is 0.163 e. The van der Waals surface area contributed by atoms with E-state index in [9.17, 15) is 0 Å². The summed E-state index contributed by atoms with van der Waals surface area (Å²) >= 11 is 0. The molecule has 2 aromatic carbocycles. The molecule has 0 saturated heterocycles. The monoisotopic (exact) mass is 269 g/mol. The molecule has 0 spiro atoms. The maximum Gasteiger partial charge on any atom is 0.163 e. The van der Waals surface area contributed by atoms with Crippen molar-refractivity contribution < 1.29 is 9.47 Å². The molecule has 0 unspecified atom stereocenters. The number of hydrogen-bond acceptors (Lipinski definition) is 3. The third-order valence-corrected chi connectivity index (χ3v) is 3.80. The van der Waals surface area contributed by atoms with Gasteiger partial charge in [-0.3, -0.25) is 0 Å². The molecule has 0 saturated carbocycles. The van der Waals surface area contributed by atoms with Gasteiger partial charge in [-0.25, -0.2) is 0 Å². The minimum absolute atomic E-state index is 0.304. The summed E-state index contributed by atoms with van der Waals surface area (Å²) in [4.78, 5) is 2.24. The fourth-order valence-electron chi connectivity index (χ4n) is 2.43. The minimum Gasteiger partial charge on any atom is -0.486 e. The lowest BCUT2D eigenvalue weighted by Gasteiger charge is -2.29. The molecule has 1 heterocycles. The molecule has 1 aliphatic rings. The molecule has 3 rings (SSSR count). The zero-order valence-corrected chi connectivity index (χ0v) is 11.9. The van der Waals surface area contributed by atoms with Gasteiger partial charge in [0.05, 0.1) is 6.04 Å². The number of anilines is 1. The van der Waals surface area contributed by atoms with Crippen LogP contribution in [0.2, 0.25) is 0 Å². The Kier molecular flexibility index (Phi) is 3.50. The Morgan fingerprint density at radius 1 is 0.950 bits per heavy atom. The predicted molar refractivity (Wildman–Crippen MR) is 80.7 cm³/mol. The summed E-state index contributed by atoms with van der Waals surface area (Å²) in [6, 6.07) is 16.9. The van der Waals surface area contributed by atoms with Crippen LogP contribution in [0.1, 0.15) is 18.5 Å². The highest BCUT2D eigenvalue weighted by atomic mass is 16.6. The molecule has 3 heteroatoms. The fourth-order valence-corrected chi connectivity index (χ4v) is 2.43. The van der Waals surface area contributed by atoms with E-state index in [1.165, 1.54) is 5.56 Å². The van der Waals surface area contributed by atoms with Gasteiger partial charge in [0, 0.05) is 18.8 Å². The second kappa shape index (κ2) is 5.45. The van der Waals surface area contributed by atoms with Crippen molar-refractivity contribution >= 4 is 5.69 Å². The van der Waals surface area contributed by atoms with Crippen LogP contribution >= 0.6 is 0 Å². The van der Waals surface area contributed by atoms with Gasteiger partial charge in [0.15, 0.2) is 11.5 Å². The third kappa shape index (κ3) is 2.44. The van der Waals surface area contributed by atoms with Crippen LogP contribution in [0.25, 0.3) is 0 Å². The lowest BCUT2D eigenvalue weighted by molar-refractivity contribution is 0.171. The van der Waals surface area contributed by atoms with Crippen molar-refractivity contribution in [3.05, 3.63) is 54.1 Å². The van der Waals surface area contributed by atoms with Crippen LogP contribution < -0.4 is 14.4 Å². The van der Waals surface area contributed by atoms with E-state index in [-0.39, 0.29) is 0 Å². The molecule has 0 fully saturated rings. The highest BCUT2D eigenvalue weighted by Crippen LogP contribution is 2.35. The SMILES string of the molecule is C[C@@H](c1ccccc1)N(C)c1ccc2c(c1)OCCO2. The van der Waals surface area contributed by atoms with Crippen molar-refractivity contribution in [1.82, 2.24) is 0 Å². The van der Waals surface area contributed by atoms with Crippen LogP contribution in [0.5, 0.6) is 11.5 Å². The van der Waals surface area contributed by atoms with E-state index in [4.69, 9.17) is 9.47 Å². The van der Waals surface area contributed by atoms with Gasteiger partial charge in [0.2, 0.25) is 0 Å². The number of benzene rings is 2. The Balaban J connectivity index is 1.85. The summed E-state index contributed by atoms with van der Waals surface area (Å²) in [5.74, 6) is 1.67. The van der Waals surface area contributed by atoms with E-state index < -0.39 is 0 Å². The number of hydrogen-bond donors (Lipinski definition) is 0. The third-order valence-electron chi connectivity index (χ3n) is 3.80. The highest BCUT2D eigenvalue weighted by Gasteiger charge is 2.16. The molecule has 2 aromatic rings. The summed E-state index contributed by atoms with van der Waals surface area (Å²) in [6.45, 7) is 3.45. The Hall–Kier alpha value is -2.16. The Bertz CT molecular complexity index is 583. The van der Waals surface area contributed by atoms with Crippen molar-refractivity contribution in [3.63, 3.8) is 0 Å². The van der Waals surface area contributed by atoms with E-state index in [0.717, 1.165) is 17.2 Å². The quantitative estimate of drug-likeness (QED) is 0.849. The first kappa shape index (κ1) is 12.9. The van der Waals surface area contributed by atoms with E-state index in [2.05, 4.69) is 49.2 Å². The van der Waals surface area contributed by atoms with Crippen molar-refractivity contribution in [2.24, 2.45) is 0 Å². The van der Waals surface area contributed by atoms with E-state index in [1.54, 1.807) is 0 Å². The molecular weight excluding hydrogens is 250 g/mol. The molecule has 0 amide bonds. The van der Waals surface area contributed by atoms with Crippen molar-refractivity contribution in [3.8, 4) is 11.5 Å². The zero-order chi connectivity index (χ0) is 13.9. The van der Waals surface area contributed by atoms with Crippen LogP contribution in [0.3, 0.4) is 0 Å². The second-order valence-electron chi connectivity index (χ2n) is 5.03. The maximum atomic E-state index is 5.65. The fraction of sp³-hybridized carbons (Fsp3) is 0.294. The topological polar surface area (TPSA) is 21.7 Å². The van der Waals surface area contributed by atoms with Gasteiger partial charge in [-0.05, 0) is 24.6 Å². The summed E-state index contributed by atoms with van der Waals surface area (Å²) in [5, 5.41) is 0. The molecule has 0 bridgehead atoms. The molecule has 104 valence electrons. The zero-order valence-electron chi connectivity index (χ0n) is 11.9. The van der Waals surface area contributed by atoms with Crippen LogP contribution in [-0.2, 0) is 0 Å². The molecule has 0 N–H and O–H groups in total. The van der Waals surface area contributed by atoms with Crippen LogP contribution in [0, 0.1) is 0 Å². The minimum atomic E-state index is 0.304. The number of fused-ring (bicyclic) bond motifs is 1. The molecule has 0 radical (unpaired) electrons. The maximum absolute atomic E-state index is 5.65. The van der Waals surface area contributed by atoms with Gasteiger partial charge < -0.3 is 14.4 Å². The largest absolute Gasteiger partial charge is 0.486 e. The Morgan fingerprint density at radius 2 is 1.65 bits per heavy atom. The Morgan fingerprint density at radius 3 is 2.40 bits per heavy atom. The summed E-state index contributed by atoms with van der Waals surface area (Å²) < 4.78 is 11.2. The summed E-state index contributed by atoms with van der Waals surface area (Å²) in [6.07, 6.45) is 0. The average Bonchev–Trinajstić information content (AvgIpc) is 2.54. The number of nitrogens with zero attached hydrogens (tertiary/aromatic N) is 1. The van der Waals surface area contributed by atoms with Crippen molar-refractivity contribution in [2.75, 3.05) is 25.2 Å². The second-order valence-corrected chi connectivity index (χ2v) is 5.03. The lowest BCUT2D eigenvalue weighted by atomic mass is 10.1. The summed E-state index contributed by atoms with van der Waals surface area (Å²) in [7, 11) is 2.10. The molecule has 20 heavy (non-hydrogen) atoms. The molecule has 0 aromatic heterocycles. The van der Waals surface area contributed by atoms with Gasteiger partial charge in [-0.2, -0.15) is 0 Å². The normalized spacial score (nSPS) is 14.7. The van der Waals surface area contributed by atoms with E-state index in [1.807, 2.05) is 18.2 Å². The molecule has 1 atom stereocenters. The van der Waals surface area contributed by atoms with Crippen molar-refractivity contribution in [1.29, 1.82) is 0 Å². The first-order valence-electron chi connectivity index (χ1n) is 6.93. The van der Waals surface area contributed by atoms with Gasteiger partial charge in [-0.15, -0.1) is 0 Å². The number of ether oxygens (including phenoxy) is 2. The number of rotatable bonds is 3. The predicted octanol–water partition coefficient (Wildman–Crippen LogP) is 3.66. The van der Waals surface area contributed by atoms with Gasteiger partial charge in [-0.1, -0.05) is 30.3 Å². The van der Waals surface area contributed by atoms with Gasteiger partial charge in [0.25, 0.3) is 0 Å². The van der Waals surface area contributed by atoms with Gasteiger partial charge in [0.1, 0.15) is 13.2 Å². The first-order chi connectivity index (χ1) is 9.75. The molecule has 3 nitrogen and oxygen atoms in total. The molecular formula is C17H19NO2. The van der Waals surface area contributed by atoms with Crippen LogP contribution in [-0.4, -0.2) is 20.3 Å². The van der Waals surface area contributed by atoms with Crippen LogP contribution in [0.15, 0.2) is 48.5 Å².